The number of hydrogen-bond donors (Lipinski definition) is 4. The van der Waals surface area contributed by atoms with E-state index in [4.69, 9.17) is 16.2 Å². The minimum Gasteiger partial charge on any atom is -0.384 e. The van der Waals surface area contributed by atoms with E-state index in [0.29, 0.717) is 43.8 Å². The summed E-state index contributed by atoms with van der Waals surface area (Å²) >= 11 is 0. The first-order chi connectivity index (χ1) is 8.61. The third-order valence-electron chi connectivity index (χ3n) is 1.96. The van der Waals surface area contributed by atoms with Gasteiger partial charge in [0.25, 0.3) is 0 Å². The Bertz CT molecular complexity index is 398. The van der Waals surface area contributed by atoms with Crippen LogP contribution in [0.1, 0.15) is 12.7 Å². The van der Waals surface area contributed by atoms with Crippen molar-refractivity contribution in [3.05, 3.63) is 11.9 Å². The van der Waals surface area contributed by atoms with Crippen LogP contribution < -0.4 is 22.1 Å². The van der Waals surface area contributed by atoms with Crippen LogP contribution in [0.5, 0.6) is 0 Å². The summed E-state index contributed by atoms with van der Waals surface area (Å²) in [7, 11) is 0. The zero-order valence-electron chi connectivity index (χ0n) is 10.3. The third-order valence-corrected chi connectivity index (χ3v) is 1.96. The minimum atomic E-state index is -0.559. The van der Waals surface area contributed by atoms with Gasteiger partial charge in [-0.3, -0.25) is 0 Å². The molecule has 2 amide bonds. The first-order valence-corrected chi connectivity index (χ1v) is 5.60. The molecule has 0 unspecified atom stereocenters. The molecule has 18 heavy (non-hydrogen) atoms. The molecular weight excluding hydrogens is 236 g/mol. The number of rotatable bonds is 7. The predicted molar refractivity (Wildman–Crippen MR) is 67.9 cm³/mol. The molecule has 0 saturated carbocycles. The zero-order valence-corrected chi connectivity index (χ0v) is 10.3. The Labute approximate surface area is 105 Å². The van der Waals surface area contributed by atoms with Gasteiger partial charge in [0.05, 0.1) is 0 Å². The summed E-state index contributed by atoms with van der Waals surface area (Å²) in [6, 6.07) is 1.05. The van der Waals surface area contributed by atoms with E-state index in [2.05, 4.69) is 20.6 Å². The van der Waals surface area contributed by atoms with Crippen molar-refractivity contribution in [2.45, 2.75) is 13.5 Å². The molecule has 0 aromatic carbocycles. The molecule has 1 heterocycles. The average molecular weight is 254 g/mol. The van der Waals surface area contributed by atoms with E-state index in [1.165, 1.54) is 0 Å². The SMILES string of the molecule is CCOCc1nc(N)cc(NCCNC(N)=O)n1. The van der Waals surface area contributed by atoms with Crippen molar-refractivity contribution >= 4 is 17.7 Å². The van der Waals surface area contributed by atoms with Gasteiger partial charge in [0.2, 0.25) is 0 Å². The Kier molecular flexibility index (Phi) is 5.65. The van der Waals surface area contributed by atoms with E-state index < -0.39 is 6.03 Å². The molecule has 0 radical (unpaired) electrons. The molecule has 8 nitrogen and oxygen atoms in total. The highest BCUT2D eigenvalue weighted by molar-refractivity contribution is 5.71. The highest BCUT2D eigenvalue weighted by Gasteiger charge is 2.02. The number of nitrogens with one attached hydrogen (secondary N) is 2. The largest absolute Gasteiger partial charge is 0.384 e. The van der Waals surface area contributed by atoms with Crippen molar-refractivity contribution in [2.24, 2.45) is 5.73 Å². The molecule has 8 heteroatoms. The first-order valence-electron chi connectivity index (χ1n) is 5.60. The summed E-state index contributed by atoms with van der Waals surface area (Å²) in [5, 5.41) is 5.46. The van der Waals surface area contributed by atoms with Crippen molar-refractivity contribution in [1.29, 1.82) is 0 Å². The fourth-order valence-electron chi connectivity index (χ4n) is 1.24. The molecule has 0 saturated heterocycles. The molecule has 1 aromatic heterocycles. The number of amides is 2. The number of urea groups is 1. The Morgan fingerprint density at radius 2 is 2.22 bits per heavy atom. The van der Waals surface area contributed by atoms with Gasteiger partial charge in [-0.05, 0) is 6.92 Å². The van der Waals surface area contributed by atoms with Gasteiger partial charge in [-0.15, -0.1) is 0 Å². The highest BCUT2D eigenvalue weighted by atomic mass is 16.5. The number of carbonyl (C=O) groups excluding carboxylic acids is 1. The lowest BCUT2D eigenvalue weighted by Crippen LogP contribution is -2.33. The fraction of sp³-hybridized carbons (Fsp3) is 0.500. The topological polar surface area (TPSA) is 128 Å². The number of aromatic nitrogens is 2. The second-order valence-electron chi connectivity index (χ2n) is 3.45. The molecule has 0 aliphatic heterocycles. The predicted octanol–water partition coefficient (Wildman–Crippen LogP) is -0.324. The maximum Gasteiger partial charge on any atom is 0.312 e. The number of nitrogen functional groups attached to an aromatic ring is 1. The molecule has 0 aliphatic rings. The van der Waals surface area contributed by atoms with Gasteiger partial charge in [0, 0.05) is 25.8 Å². The monoisotopic (exact) mass is 254 g/mol. The maximum atomic E-state index is 10.5. The summed E-state index contributed by atoms with van der Waals surface area (Å²) < 4.78 is 5.20. The summed E-state index contributed by atoms with van der Waals surface area (Å²) in [5.74, 6) is 1.47. The van der Waals surface area contributed by atoms with Crippen LogP contribution in [0, 0.1) is 0 Å². The number of ether oxygens (including phenoxy) is 1. The molecular formula is C10H18N6O2. The fourth-order valence-corrected chi connectivity index (χ4v) is 1.24. The van der Waals surface area contributed by atoms with E-state index in [9.17, 15) is 4.79 Å². The second-order valence-corrected chi connectivity index (χ2v) is 3.45. The zero-order chi connectivity index (χ0) is 13.4. The number of primary amides is 1. The summed E-state index contributed by atoms with van der Waals surface area (Å²) in [6.45, 7) is 3.69. The van der Waals surface area contributed by atoms with E-state index in [0.717, 1.165) is 0 Å². The lowest BCUT2D eigenvalue weighted by Gasteiger charge is -2.08. The first kappa shape index (κ1) is 14.0. The molecule has 6 N–H and O–H groups in total. The molecule has 1 rings (SSSR count). The quantitative estimate of drug-likeness (QED) is 0.493. The van der Waals surface area contributed by atoms with Crippen molar-refractivity contribution in [3.63, 3.8) is 0 Å². The van der Waals surface area contributed by atoms with Crippen LogP contribution in [0.15, 0.2) is 6.07 Å². The molecule has 0 spiro atoms. The van der Waals surface area contributed by atoms with E-state index in [-0.39, 0.29) is 0 Å². The van der Waals surface area contributed by atoms with E-state index in [1.807, 2.05) is 6.92 Å². The Morgan fingerprint density at radius 3 is 2.89 bits per heavy atom. The number of carbonyl (C=O) groups is 1. The molecule has 100 valence electrons. The van der Waals surface area contributed by atoms with Gasteiger partial charge in [-0.2, -0.15) is 0 Å². The van der Waals surface area contributed by atoms with Gasteiger partial charge in [0.15, 0.2) is 5.82 Å². The summed E-state index contributed by atoms with van der Waals surface area (Å²) in [6.07, 6.45) is 0. The van der Waals surface area contributed by atoms with Gasteiger partial charge in [-0.25, -0.2) is 14.8 Å². The van der Waals surface area contributed by atoms with E-state index >= 15 is 0 Å². The van der Waals surface area contributed by atoms with Gasteiger partial charge >= 0.3 is 6.03 Å². The van der Waals surface area contributed by atoms with Crippen LogP contribution in [0.2, 0.25) is 0 Å². The van der Waals surface area contributed by atoms with Crippen LogP contribution in [-0.4, -0.2) is 35.7 Å². The third kappa shape index (κ3) is 5.30. The van der Waals surface area contributed by atoms with Crippen molar-refractivity contribution < 1.29 is 9.53 Å². The second kappa shape index (κ2) is 7.28. The highest BCUT2D eigenvalue weighted by Crippen LogP contribution is 2.08. The summed E-state index contributed by atoms with van der Waals surface area (Å²) in [5.41, 5.74) is 10.6. The van der Waals surface area contributed by atoms with Crippen LogP contribution in [-0.2, 0) is 11.3 Å². The molecule has 0 aliphatic carbocycles. The van der Waals surface area contributed by atoms with E-state index in [1.54, 1.807) is 6.07 Å². The number of nitrogens with zero attached hydrogens (tertiary/aromatic N) is 2. The molecule has 0 fully saturated rings. The Morgan fingerprint density at radius 1 is 1.44 bits per heavy atom. The van der Waals surface area contributed by atoms with Gasteiger partial charge < -0.3 is 26.8 Å². The summed E-state index contributed by atoms with van der Waals surface area (Å²) in [4.78, 5) is 18.7. The van der Waals surface area contributed by atoms with Crippen LogP contribution >= 0.6 is 0 Å². The molecule has 1 aromatic rings. The van der Waals surface area contributed by atoms with Crippen LogP contribution in [0.4, 0.5) is 16.4 Å². The van der Waals surface area contributed by atoms with Crippen LogP contribution in [0.25, 0.3) is 0 Å². The van der Waals surface area contributed by atoms with Crippen molar-refractivity contribution in [1.82, 2.24) is 15.3 Å². The van der Waals surface area contributed by atoms with Crippen LogP contribution in [0.3, 0.4) is 0 Å². The van der Waals surface area contributed by atoms with Crippen molar-refractivity contribution in [2.75, 3.05) is 30.7 Å². The lowest BCUT2D eigenvalue weighted by molar-refractivity contribution is 0.128. The smallest absolute Gasteiger partial charge is 0.312 e. The number of anilines is 2. The minimum absolute atomic E-state index is 0.315. The average Bonchev–Trinajstić information content (AvgIpc) is 2.31. The molecule has 0 bridgehead atoms. The number of nitrogens with two attached hydrogens (primary N) is 2. The Balaban J connectivity index is 2.48. The van der Waals surface area contributed by atoms with Crippen molar-refractivity contribution in [3.8, 4) is 0 Å². The lowest BCUT2D eigenvalue weighted by atomic mass is 10.4. The van der Waals surface area contributed by atoms with Gasteiger partial charge in [0.1, 0.15) is 18.2 Å². The van der Waals surface area contributed by atoms with Gasteiger partial charge in [-0.1, -0.05) is 0 Å². The normalized spacial score (nSPS) is 10.1. The number of hydrogen-bond acceptors (Lipinski definition) is 6. The molecule has 0 atom stereocenters. The Hall–Kier alpha value is -2.09. The standard InChI is InChI=1S/C10H18N6O2/c1-2-18-6-9-15-7(11)5-8(16-9)13-3-4-14-10(12)17/h5H,2-4,6H2,1H3,(H3,12,14,17)(H3,11,13,15,16). The maximum absolute atomic E-state index is 10.5.